The molecular weight excluding hydrogens is 423 g/mol. The van der Waals surface area contributed by atoms with Gasteiger partial charge in [-0.1, -0.05) is 42.3 Å². The Morgan fingerprint density at radius 2 is 1.91 bits per heavy atom. The number of benzene rings is 2. The van der Waals surface area contributed by atoms with Crippen molar-refractivity contribution in [2.75, 3.05) is 32.4 Å². The first-order chi connectivity index (χ1) is 15.6. The van der Waals surface area contributed by atoms with Crippen LogP contribution in [0.25, 0.3) is 22.0 Å². The maximum atomic E-state index is 15.2. The normalized spacial score (nSPS) is 17.8. The largest absolute Gasteiger partial charge is 0.336 e. The second kappa shape index (κ2) is 8.19. The number of amides is 1. The SMILES string of the molecule is CSN1CCN(C(=O)c2cnc3ccccc3c2-c2ccc(C3(C#N)CC3)c(F)c2)CC1. The van der Waals surface area contributed by atoms with Gasteiger partial charge in [0.15, 0.2) is 0 Å². The van der Waals surface area contributed by atoms with Crippen LogP contribution in [0.2, 0.25) is 0 Å². The molecule has 1 aliphatic heterocycles. The second-order valence-electron chi connectivity index (χ2n) is 8.36. The van der Waals surface area contributed by atoms with Gasteiger partial charge in [0.25, 0.3) is 5.91 Å². The fraction of sp³-hybridized carbons (Fsp3) is 0.320. The highest BCUT2D eigenvalue weighted by molar-refractivity contribution is 7.96. The fourth-order valence-electron chi connectivity index (χ4n) is 4.48. The van der Waals surface area contributed by atoms with E-state index in [0.717, 1.165) is 24.0 Å². The molecule has 2 aliphatic rings. The molecule has 1 amide bonds. The lowest BCUT2D eigenvalue weighted by Gasteiger charge is -2.33. The minimum atomic E-state index is -0.696. The third-order valence-electron chi connectivity index (χ3n) is 6.53. The zero-order chi connectivity index (χ0) is 22.3. The standard InChI is InChI=1S/C25H23FN4OS/c1-32-30-12-10-29(11-13-30)24(31)19-15-28-22-5-3-2-4-18(22)23(19)17-6-7-20(21(26)14-17)25(16-27)8-9-25/h2-7,14-15H,8-13H2,1H3. The van der Waals surface area contributed by atoms with Crippen molar-refractivity contribution in [3.8, 4) is 17.2 Å². The fourth-order valence-corrected chi connectivity index (χ4v) is 5.01. The summed E-state index contributed by atoms with van der Waals surface area (Å²) < 4.78 is 17.4. The lowest BCUT2D eigenvalue weighted by atomic mass is 9.91. The molecule has 0 atom stereocenters. The summed E-state index contributed by atoms with van der Waals surface area (Å²) in [6, 6.07) is 14.9. The summed E-state index contributed by atoms with van der Waals surface area (Å²) in [7, 11) is 0. The Bertz CT molecular complexity index is 1240. The minimum Gasteiger partial charge on any atom is -0.336 e. The smallest absolute Gasteiger partial charge is 0.256 e. The Morgan fingerprint density at radius 3 is 2.56 bits per heavy atom. The van der Waals surface area contributed by atoms with Gasteiger partial charge in [-0.3, -0.25) is 9.78 Å². The molecule has 32 heavy (non-hydrogen) atoms. The molecule has 1 aromatic heterocycles. The first kappa shape index (κ1) is 20.9. The lowest BCUT2D eigenvalue weighted by molar-refractivity contribution is 0.0704. The van der Waals surface area contributed by atoms with E-state index < -0.39 is 11.2 Å². The van der Waals surface area contributed by atoms with Crippen LogP contribution in [0.4, 0.5) is 4.39 Å². The zero-order valence-electron chi connectivity index (χ0n) is 17.8. The van der Waals surface area contributed by atoms with E-state index in [4.69, 9.17) is 0 Å². The summed E-state index contributed by atoms with van der Waals surface area (Å²) in [5.41, 5.74) is 2.31. The van der Waals surface area contributed by atoms with Crippen molar-refractivity contribution in [2.45, 2.75) is 18.3 Å². The lowest BCUT2D eigenvalue weighted by Crippen LogP contribution is -2.46. The van der Waals surface area contributed by atoms with Crippen LogP contribution in [-0.4, -0.2) is 52.5 Å². The van der Waals surface area contributed by atoms with Crippen LogP contribution in [0.3, 0.4) is 0 Å². The number of nitriles is 1. The van der Waals surface area contributed by atoms with Gasteiger partial charge in [0, 0.05) is 48.9 Å². The molecule has 1 saturated carbocycles. The van der Waals surface area contributed by atoms with Gasteiger partial charge in [0.1, 0.15) is 5.82 Å². The number of halogens is 1. The van der Waals surface area contributed by atoms with Gasteiger partial charge in [-0.05, 0) is 36.8 Å². The molecule has 5 nitrogen and oxygen atoms in total. The van der Waals surface area contributed by atoms with E-state index >= 15 is 4.39 Å². The average molecular weight is 447 g/mol. The third kappa shape index (κ3) is 3.54. The molecule has 1 saturated heterocycles. The number of para-hydroxylation sites is 1. The molecule has 2 aromatic carbocycles. The summed E-state index contributed by atoms with van der Waals surface area (Å²) in [4.78, 5) is 19.9. The van der Waals surface area contributed by atoms with Crippen molar-refractivity contribution in [1.82, 2.24) is 14.2 Å². The number of carbonyl (C=O) groups excluding carboxylic acids is 1. The quantitative estimate of drug-likeness (QED) is 0.547. The highest BCUT2D eigenvalue weighted by Crippen LogP contribution is 2.49. The summed E-state index contributed by atoms with van der Waals surface area (Å²) in [5.74, 6) is -0.478. The number of nitrogens with zero attached hydrogens (tertiary/aromatic N) is 4. The Balaban J connectivity index is 1.60. The van der Waals surface area contributed by atoms with E-state index in [1.54, 1.807) is 24.2 Å². The Labute approximate surface area is 191 Å². The van der Waals surface area contributed by atoms with Gasteiger partial charge in [0.05, 0.1) is 22.6 Å². The van der Waals surface area contributed by atoms with Crippen molar-refractivity contribution in [2.24, 2.45) is 0 Å². The van der Waals surface area contributed by atoms with E-state index in [1.165, 1.54) is 6.07 Å². The zero-order valence-corrected chi connectivity index (χ0v) is 18.7. The molecule has 2 fully saturated rings. The summed E-state index contributed by atoms with van der Waals surface area (Å²) in [6.45, 7) is 2.90. The maximum Gasteiger partial charge on any atom is 0.256 e. The highest BCUT2D eigenvalue weighted by atomic mass is 32.2. The molecule has 162 valence electrons. The number of hydrogen-bond donors (Lipinski definition) is 0. The topological polar surface area (TPSA) is 60.2 Å². The van der Waals surface area contributed by atoms with Crippen LogP contribution in [0.15, 0.2) is 48.7 Å². The van der Waals surface area contributed by atoms with Crippen molar-refractivity contribution in [1.29, 1.82) is 5.26 Å². The van der Waals surface area contributed by atoms with Gasteiger partial charge in [-0.15, -0.1) is 0 Å². The van der Waals surface area contributed by atoms with E-state index in [-0.39, 0.29) is 5.91 Å². The van der Waals surface area contributed by atoms with Crippen LogP contribution >= 0.6 is 11.9 Å². The molecule has 0 spiro atoms. The molecule has 7 heteroatoms. The first-order valence-electron chi connectivity index (χ1n) is 10.7. The Kier molecular flexibility index (Phi) is 5.36. The third-order valence-corrected chi connectivity index (χ3v) is 7.41. The van der Waals surface area contributed by atoms with E-state index in [0.29, 0.717) is 48.2 Å². The van der Waals surface area contributed by atoms with Crippen molar-refractivity contribution < 1.29 is 9.18 Å². The van der Waals surface area contributed by atoms with Crippen LogP contribution < -0.4 is 0 Å². The number of hydrogen-bond acceptors (Lipinski definition) is 5. The average Bonchev–Trinajstić information content (AvgIpc) is 3.64. The molecule has 5 rings (SSSR count). The minimum absolute atomic E-state index is 0.0841. The number of carbonyl (C=O) groups is 1. The molecular formula is C25H23FN4OS. The number of pyridine rings is 1. The Hall–Kier alpha value is -2.95. The van der Waals surface area contributed by atoms with E-state index in [1.807, 2.05) is 41.5 Å². The van der Waals surface area contributed by atoms with Crippen LogP contribution in [0, 0.1) is 17.1 Å². The van der Waals surface area contributed by atoms with Gasteiger partial charge >= 0.3 is 0 Å². The van der Waals surface area contributed by atoms with Crippen LogP contribution in [-0.2, 0) is 5.41 Å². The van der Waals surface area contributed by atoms with Crippen LogP contribution in [0.1, 0.15) is 28.8 Å². The Morgan fingerprint density at radius 1 is 1.16 bits per heavy atom. The van der Waals surface area contributed by atoms with E-state index in [2.05, 4.69) is 15.4 Å². The van der Waals surface area contributed by atoms with Crippen LogP contribution in [0.5, 0.6) is 0 Å². The summed E-state index contributed by atoms with van der Waals surface area (Å²) in [5, 5.41) is 10.3. The number of rotatable bonds is 4. The number of fused-ring (bicyclic) bond motifs is 1. The molecule has 0 bridgehead atoms. The van der Waals surface area contributed by atoms with Gasteiger partial charge in [-0.25, -0.2) is 8.70 Å². The van der Waals surface area contributed by atoms with Gasteiger partial charge in [-0.2, -0.15) is 5.26 Å². The summed E-state index contributed by atoms with van der Waals surface area (Å²) in [6.07, 6.45) is 5.02. The molecule has 0 N–H and O–H groups in total. The molecule has 0 radical (unpaired) electrons. The van der Waals surface area contributed by atoms with E-state index in [9.17, 15) is 10.1 Å². The second-order valence-corrected chi connectivity index (χ2v) is 9.24. The highest BCUT2D eigenvalue weighted by Gasteiger charge is 2.46. The first-order valence-corrected chi connectivity index (χ1v) is 11.9. The van der Waals surface area contributed by atoms with Crippen molar-refractivity contribution in [3.63, 3.8) is 0 Å². The molecule has 1 aliphatic carbocycles. The maximum absolute atomic E-state index is 15.2. The number of aromatic nitrogens is 1. The summed E-state index contributed by atoms with van der Waals surface area (Å²) >= 11 is 1.69. The van der Waals surface area contributed by atoms with Gasteiger partial charge < -0.3 is 4.90 Å². The predicted octanol–water partition coefficient (Wildman–Crippen LogP) is 4.63. The molecule has 0 unspecified atom stereocenters. The predicted molar refractivity (Wildman–Crippen MR) is 125 cm³/mol. The molecule has 2 heterocycles. The van der Waals surface area contributed by atoms with Crippen molar-refractivity contribution >= 4 is 28.8 Å². The van der Waals surface area contributed by atoms with Crippen molar-refractivity contribution in [3.05, 3.63) is 65.6 Å². The van der Waals surface area contributed by atoms with Gasteiger partial charge in [0.2, 0.25) is 0 Å². The molecule has 3 aromatic rings. The monoisotopic (exact) mass is 446 g/mol. The number of piperazine rings is 1.